The molecule has 25 heavy (non-hydrogen) atoms. The number of tetrazole rings is 1. The summed E-state index contributed by atoms with van der Waals surface area (Å²) >= 11 is 0. The Bertz CT molecular complexity index is 832. The maximum absolute atomic E-state index is 12.2. The zero-order valence-electron chi connectivity index (χ0n) is 14.0. The van der Waals surface area contributed by atoms with Gasteiger partial charge in [0.15, 0.2) is 6.10 Å². The van der Waals surface area contributed by atoms with Crippen LogP contribution in [0.25, 0.3) is 5.69 Å². The van der Waals surface area contributed by atoms with E-state index in [1.165, 1.54) is 16.6 Å². The molecule has 0 saturated carbocycles. The highest BCUT2D eigenvalue weighted by molar-refractivity contribution is 5.77. The van der Waals surface area contributed by atoms with Crippen LogP contribution in [0.4, 0.5) is 0 Å². The van der Waals surface area contributed by atoms with Gasteiger partial charge in [0.05, 0.1) is 5.69 Å². The molecule has 0 aliphatic heterocycles. The summed E-state index contributed by atoms with van der Waals surface area (Å²) in [5.41, 5.74) is 1.90. The molecule has 0 spiro atoms. The fraction of sp³-hybridized carbons (Fsp3) is 0.222. The average molecular weight is 338 g/mol. The monoisotopic (exact) mass is 338 g/mol. The van der Waals surface area contributed by atoms with E-state index in [4.69, 9.17) is 9.47 Å². The zero-order valence-corrected chi connectivity index (χ0v) is 14.0. The second kappa shape index (κ2) is 7.57. The largest absolute Gasteiger partial charge is 0.479 e. The maximum Gasteiger partial charge on any atom is 0.352 e. The number of rotatable bonds is 6. The predicted molar refractivity (Wildman–Crippen MR) is 90.7 cm³/mol. The van der Waals surface area contributed by atoms with Gasteiger partial charge in [-0.3, -0.25) is 0 Å². The van der Waals surface area contributed by atoms with Gasteiger partial charge in [0.1, 0.15) is 17.8 Å². The second-order valence-electron chi connectivity index (χ2n) is 5.43. The maximum atomic E-state index is 12.2. The van der Waals surface area contributed by atoms with Crippen molar-refractivity contribution < 1.29 is 14.3 Å². The lowest BCUT2D eigenvalue weighted by Gasteiger charge is -2.14. The molecule has 0 radical (unpaired) electrons. The zero-order chi connectivity index (χ0) is 17.6. The Morgan fingerprint density at radius 1 is 1.16 bits per heavy atom. The number of hydrogen-bond acceptors (Lipinski definition) is 6. The Hall–Kier alpha value is -3.22. The van der Waals surface area contributed by atoms with Crippen molar-refractivity contribution in [2.45, 2.75) is 26.4 Å². The lowest BCUT2D eigenvalue weighted by Crippen LogP contribution is -2.28. The molecule has 3 rings (SSSR count). The van der Waals surface area contributed by atoms with Gasteiger partial charge >= 0.3 is 5.97 Å². The van der Waals surface area contributed by atoms with E-state index in [9.17, 15) is 4.79 Å². The normalized spacial score (nSPS) is 11.8. The number of hydrogen-bond donors (Lipinski definition) is 0. The molecule has 1 atom stereocenters. The fourth-order valence-electron chi connectivity index (χ4n) is 2.22. The van der Waals surface area contributed by atoms with Gasteiger partial charge in [-0.15, -0.1) is 5.10 Å². The standard InChI is InChI=1S/C18H18N4O3/c1-3-14-7-9-16(10-8-14)24-13(2)18(23)25-17-6-4-5-15(11-17)22-12-19-20-21-22/h4-13H,3H2,1-2H3/t13-/m1/s1. The van der Waals surface area contributed by atoms with Gasteiger partial charge in [0, 0.05) is 6.07 Å². The summed E-state index contributed by atoms with van der Waals surface area (Å²) in [7, 11) is 0. The highest BCUT2D eigenvalue weighted by Gasteiger charge is 2.17. The molecule has 0 bridgehead atoms. The van der Waals surface area contributed by atoms with Crippen LogP contribution in [0, 0.1) is 0 Å². The summed E-state index contributed by atoms with van der Waals surface area (Å²) < 4.78 is 12.5. The Labute approximate surface area is 145 Å². The van der Waals surface area contributed by atoms with Crippen molar-refractivity contribution in [3.8, 4) is 17.2 Å². The first kappa shape index (κ1) is 16.6. The van der Waals surface area contributed by atoms with Crippen molar-refractivity contribution in [1.82, 2.24) is 20.2 Å². The van der Waals surface area contributed by atoms with E-state index >= 15 is 0 Å². The lowest BCUT2D eigenvalue weighted by molar-refractivity contribution is -0.141. The first-order valence-electron chi connectivity index (χ1n) is 7.96. The third-order valence-electron chi connectivity index (χ3n) is 3.63. The van der Waals surface area contributed by atoms with Crippen molar-refractivity contribution in [3.05, 3.63) is 60.4 Å². The minimum Gasteiger partial charge on any atom is -0.479 e. The molecule has 2 aromatic carbocycles. The number of carbonyl (C=O) groups excluding carboxylic acids is 1. The molecule has 7 heteroatoms. The molecule has 0 saturated heterocycles. The molecule has 128 valence electrons. The van der Waals surface area contributed by atoms with Crippen LogP contribution in [0.15, 0.2) is 54.9 Å². The van der Waals surface area contributed by atoms with E-state index in [1.54, 1.807) is 25.1 Å². The van der Waals surface area contributed by atoms with Crippen LogP contribution in [0.2, 0.25) is 0 Å². The van der Waals surface area contributed by atoms with Crippen LogP contribution in [-0.4, -0.2) is 32.3 Å². The van der Waals surface area contributed by atoms with Crippen molar-refractivity contribution in [3.63, 3.8) is 0 Å². The summed E-state index contributed by atoms with van der Waals surface area (Å²) in [5.74, 6) is 0.548. The van der Waals surface area contributed by atoms with Crippen LogP contribution in [0.3, 0.4) is 0 Å². The third kappa shape index (κ3) is 4.20. The van der Waals surface area contributed by atoms with Gasteiger partial charge in [0.2, 0.25) is 0 Å². The van der Waals surface area contributed by atoms with Gasteiger partial charge in [-0.1, -0.05) is 25.1 Å². The molecule has 3 aromatic rings. The fourth-order valence-corrected chi connectivity index (χ4v) is 2.22. The van der Waals surface area contributed by atoms with Crippen LogP contribution >= 0.6 is 0 Å². The van der Waals surface area contributed by atoms with E-state index < -0.39 is 12.1 Å². The first-order valence-corrected chi connectivity index (χ1v) is 7.96. The lowest BCUT2D eigenvalue weighted by atomic mass is 10.2. The number of ether oxygens (including phenoxy) is 2. The third-order valence-corrected chi connectivity index (χ3v) is 3.63. The summed E-state index contributed by atoms with van der Waals surface area (Å²) in [5, 5.41) is 11.0. The van der Waals surface area contributed by atoms with E-state index in [1.807, 2.05) is 30.3 Å². The highest BCUT2D eigenvalue weighted by Crippen LogP contribution is 2.18. The average Bonchev–Trinajstić information content (AvgIpc) is 3.17. The van der Waals surface area contributed by atoms with Crippen molar-refractivity contribution in [2.24, 2.45) is 0 Å². The Morgan fingerprint density at radius 3 is 2.64 bits per heavy atom. The number of carbonyl (C=O) groups is 1. The van der Waals surface area contributed by atoms with Gasteiger partial charge in [-0.05, 0) is 53.6 Å². The molecular weight excluding hydrogens is 320 g/mol. The SMILES string of the molecule is CCc1ccc(O[C@H](C)C(=O)Oc2cccc(-n3cnnn3)c2)cc1. The summed E-state index contributed by atoms with van der Waals surface area (Å²) in [4.78, 5) is 12.2. The molecule has 0 aliphatic rings. The van der Waals surface area contributed by atoms with E-state index in [0.29, 0.717) is 17.2 Å². The number of benzene rings is 2. The minimum absolute atomic E-state index is 0.398. The minimum atomic E-state index is -0.732. The molecule has 1 aromatic heterocycles. The molecule has 0 amide bonds. The van der Waals surface area contributed by atoms with Crippen molar-refractivity contribution in [2.75, 3.05) is 0 Å². The van der Waals surface area contributed by atoms with Gasteiger partial charge in [-0.25, -0.2) is 9.48 Å². The summed E-state index contributed by atoms with van der Waals surface area (Å²) in [6.45, 7) is 3.74. The number of esters is 1. The molecule has 0 unspecified atom stereocenters. The van der Waals surface area contributed by atoms with E-state index in [0.717, 1.165) is 6.42 Å². The quantitative estimate of drug-likeness (QED) is 0.508. The molecule has 1 heterocycles. The van der Waals surface area contributed by atoms with Crippen LogP contribution in [0.5, 0.6) is 11.5 Å². The van der Waals surface area contributed by atoms with Crippen LogP contribution in [0.1, 0.15) is 19.4 Å². The molecular formula is C18H18N4O3. The molecule has 0 N–H and O–H groups in total. The van der Waals surface area contributed by atoms with Gasteiger partial charge < -0.3 is 9.47 Å². The summed E-state index contributed by atoms with van der Waals surface area (Å²) in [6, 6.07) is 14.6. The molecule has 7 nitrogen and oxygen atoms in total. The Kier molecular flexibility index (Phi) is 5.03. The first-order chi connectivity index (χ1) is 12.2. The Morgan fingerprint density at radius 2 is 1.96 bits per heavy atom. The Balaban J connectivity index is 1.64. The van der Waals surface area contributed by atoms with Crippen LogP contribution < -0.4 is 9.47 Å². The molecule has 0 aliphatic carbocycles. The van der Waals surface area contributed by atoms with E-state index in [2.05, 4.69) is 22.4 Å². The summed E-state index contributed by atoms with van der Waals surface area (Å²) in [6.07, 6.45) is 1.69. The molecule has 0 fully saturated rings. The second-order valence-corrected chi connectivity index (χ2v) is 5.43. The van der Waals surface area contributed by atoms with E-state index in [-0.39, 0.29) is 0 Å². The number of aromatic nitrogens is 4. The van der Waals surface area contributed by atoms with Gasteiger partial charge in [0.25, 0.3) is 0 Å². The number of aryl methyl sites for hydroxylation is 1. The van der Waals surface area contributed by atoms with Crippen LogP contribution in [-0.2, 0) is 11.2 Å². The van der Waals surface area contributed by atoms with Crippen molar-refractivity contribution >= 4 is 5.97 Å². The highest BCUT2D eigenvalue weighted by atomic mass is 16.6. The smallest absolute Gasteiger partial charge is 0.352 e. The van der Waals surface area contributed by atoms with Crippen molar-refractivity contribution in [1.29, 1.82) is 0 Å². The topological polar surface area (TPSA) is 79.1 Å². The predicted octanol–water partition coefficient (Wildman–Crippen LogP) is 2.60. The number of nitrogens with zero attached hydrogens (tertiary/aromatic N) is 4. The van der Waals surface area contributed by atoms with Gasteiger partial charge in [-0.2, -0.15) is 0 Å².